The molecule has 62 heavy (non-hydrogen) atoms. The van der Waals surface area contributed by atoms with Gasteiger partial charge < -0.3 is 9.32 Å². The van der Waals surface area contributed by atoms with E-state index in [1.54, 1.807) is 0 Å². The van der Waals surface area contributed by atoms with Gasteiger partial charge in [0.25, 0.3) is 0 Å². The van der Waals surface area contributed by atoms with E-state index in [1.165, 1.54) is 54.2 Å². The molecule has 0 aliphatic carbocycles. The monoisotopic (exact) mass is 789 g/mol. The van der Waals surface area contributed by atoms with Crippen molar-refractivity contribution >= 4 is 71.1 Å². The molecule has 0 unspecified atom stereocenters. The zero-order chi connectivity index (χ0) is 41.0. The fraction of sp³-hybridized carbons (Fsp3) is 0. The van der Waals surface area contributed by atoms with Crippen LogP contribution in [0.2, 0.25) is 0 Å². The average molecular weight is 790 g/mol. The molecule has 0 aliphatic heterocycles. The SMILES string of the molecule is c1ccc(-c2c(-c3cccc(-c4ccc(N(c5ccc(-c6ccc7c(ccc8ccccc87)c6)cc5)c5cc6ccccc6c6ccccc56)cc4)c3)oc3ccccc23)cc1. The molecule has 0 radical (unpaired) electrons. The summed E-state index contributed by atoms with van der Waals surface area (Å²) in [5.74, 6) is 0.880. The van der Waals surface area contributed by atoms with Crippen LogP contribution in [-0.2, 0) is 0 Å². The second kappa shape index (κ2) is 14.8. The molecule has 2 nitrogen and oxygen atoms in total. The number of hydrogen-bond donors (Lipinski definition) is 0. The maximum absolute atomic E-state index is 6.61. The normalized spacial score (nSPS) is 11.5. The Balaban J connectivity index is 0.955. The van der Waals surface area contributed by atoms with Crippen LogP contribution >= 0.6 is 0 Å². The highest BCUT2D eigenvalue weighted by Gasteiger charge is 2.20. The minimum atomic E-state index is 0.880. The van der Waals surface area contributed by atoms with Crippen LogP contribution in [0.15, 0.2) is 241 Å². The summed E-state index contributed by atoms with van der Waals surface area (Å²) in [4.78, 5) is 2.41. The molecule has 0 aliphatic rings. The van der Waals surface area contributed by atoms with Gasteiger partial charge in [0, 0.05) is 33.3 Å². The number of nitrogens with zero attached hydrogens (tertiary/aromatic N) is 1. The van der Waals surface area contributed by atoms with Crippen molar-refractivity contribution in [2.45, 2.75) is 0 Å². The van der Waals surface area contributed by atoms with Crippen molar-refractivity contribution in [3.05, 3.63) is 237 Å². The van der Waals surface area contributed by atoms with Crippen LogP contribution in [0, 0.1) is 0 Å². The molecule has 12 aromatic rings. The van der Waals surface area contributed by atoms with E-state index in [0.29, 0.717) is 0 Å². The molecule has 2 heteroatoms. The summed E-state index contributed by atoms with van der Waals surface area (Å²) >= 11 is 0. The van der Waals surface area contributed by atoms with Gasteiger partial charge in [0.2, 0.25) is 0 Å². The molecular formula is C60H39NO. The first kappa shape index (κ1) is 35.7. The fourth-order valence-corrected chi connectivity index (χ4v) is 9.43. The van der Waals surface area contributed by atoms with Crippen molar-refractivity contribution < 1.29 is 4.42 Å². The summed E-state index contributed by atoms with van der Waals surface area (Å²) in [6, 6.07) is 85.4. The Hall–Kier alpha value is -8.20. The third-order valence-corrected chi connectivity index (χ3v) is 12.4. The lowest BCUT2D eigenvalue weighted by atomic mass is 9.96. The number of anilines is 3. The third kappa shape index (κ3) is 6.12. The van der Waals surface area contributed by atoms with Gasteiger partial charge in [0.15, 0.2) is 0 Å². The molecule has 0 fully saturated rings. The molecule has 12 rings (SSSR count). The van der Waals surface area contributed by atoms with E-state index in [9.17, 15) is 0 Å². The van der Waals surface area contributed by atoms with Crippen LogP contribution in [0.1, 0.15) is 0 Å². The Morgan fingerprint density at radius 3 is 1.52 bits per heavy atom. The van der Waals surface area contributed by atoms with E-state index >= 15 is 0 Å². The highest BCUT2D eigenvalue weighted by Crippen LogP contribution is 2.45. The number of furan rings is 1. The molecule has 0 bridgehead atoms. The Labute approximate surface area is 360 Å². The molecule has 0 amide bonds. The van der Waals surface area contributed by atoms with Crippen LogP contribution in [0.3, 0.4) is 0 Å². The van der Waals surface area contributed by atoms with Gasteiger partial charge in [-0.1, -0.05) is 188 Å². The van der Waals surface area contributed by atoms with Crippen molar-refractivity contribution in [3.8, 4) is 44.7 Å². The maximum atomic E-state index is 6.61. The van der Waals surface area contributed by atoms with E-state index in [2.05, 4.69) is 235 Å². The van der Waals surface area contributed by atoms with E-state index < -0.39 is 0 Å². The van der Waals surface area contributed by atoms with Crippen LogP contribution < -0.4 is 4.90 Å². The van der Waals surface area contributed by atoms with Gasteiger partial charge in [0.1, 0.15) is 11.3 Å². The topological polar surface area (TPSA) is 16.4 Å². The number of benzene rings is 11. The Morgan fingerprint density at radius 1 is 0.274 bits per heavy atom. The molecule has 0 spiro atoms. The lowest BCUT2D eigenvalue weighted by Crippen LogP contribution is -2.10. The average Bonchev–Trinajstić information content (AvgIpc) is 3.75. The molecule has 1 aromatic heterocycles. The standard InChI is InChI=1S/C60H39NO/c1-2-14-43(15-3-1)59-56-23-10-11-24-58(56)62-60(59)48-18-12-17-44(38-48)40-27-32-49(33-28-40)61(57-39-46-16-5-7-20-52(46)54-21-8-9-22-55(54)57)50-34-29-41(30-35-50)45-31-36-53-47(37-45)26-25-42-13-4-6-19-51(42)53/h1-39H. The van der Waals surface area contributed by atoms with E-state index in [4.69, 9.17) is 4.42 Å². The van der Waals surface area contributed by atoms with Crippen LogP contribution in [-0.4, -0.2) is 0 Å². The smallest absolute Gasteiger partial charge is 0.143 e. The largest absolute Gasteiger partial charge is 0.455 e. The highest BCUT2D eigenvalue weighted by atomic mass is 16.3. The van der Waals surface area contributed by atoms with Crippen molar-refractivity contribution in [3.63, 3.8) is 0 Å². The zero-order valence-corrected chi connectivity index (χ0v) is 33.9. The Bertz CT molecular complexity index is 3620. The molecule has 11 aromatic carbocycles. The number of para-hydroxylation sites is 1. The third-order valence-electron chi connectivity index (χ3n) is 12.4. The molecular weight excluding hydrogens is 751 g/mol. The summed E-state index contributed by atoms with van der Waals surface area (Å²) in [6.45, 7) is 0. The van der Waals surface area contributed by atoms with Crippen LogP contribution in [0.25, 0.3) is 98.8 Å². The molecule has 0 saturated carbocycles. The summed E-state index contributed by atoms with van der Waals surface area (Å²) < 4.78 is 6.61. The van der Waals surface area contributed by atoms with Crippen molar-refractivity contribution in [1.29, 1.82) is 0 Å². The Morgan fingerprint density at radius 2 is 0.774 bits per heavy atom. The van der Waals surface area contributed by atoms with Gasteiger partial charge >= 0.3 is 0 Å². The highest BCUT2D eigenvalue weighted by molar-refractivity contribution is 6.15. The quantitative estimate of drug-likeness (QED) is 0.150. The van der Waals surface area contributed by atoms with Gasteiger partial charge in [0.05, 0.1) is 5.69 Å². The first-order valence-electron chi connectivity index (χ1n) is 21.2. The van der Waals surface area contributed by atoms with Crippen LogP contribution in [0.5, 0.6) is 0 Å². The summed E-state index contributed by atoms with van der Waals surface area (Å²) in [5, 5.41) is 11.1. The summed E-state index contributed by atoms with van der Waals surface area (Å²) in [7, 11) is 0. The van der Waals surface area contributed by atoms with Crippen LogP contribution in [0.4, 0.5) is 17.1 Å². The molecule has 0 atom stereocenters. The first-order chi connectivity index (χ1) is 30.7. The first-order valence-corrected chi connectivity index (χ1v) is 21.2. The second-order valence-electron chi connectivity index (χ2n) is 16.1. The molecule has 0 saturated heterocycles. The summed E-state index contributed by atoms with van der Waals surface area (Å²) in [5.41, 5.74) is 12.2. The summed E-state index contributed by atoms with van der Waals surface area (Å²) in [6.07, 6.45) is 0. The zero-order valence-electron chi connectivity index (χ0n) is 33.9. The number of hydrogen-bond acceptors (Lipinski definition) is 2. The minimum Gasteiger partial charge on any atom is -0.455 e. The predicted octanol–water partition coefficient (Wildman–Crippen LogP) is 17.2. The van der Waals surface area contributed by atoms with Gasteiger partial charge in [-0.05, 0) is 114 Å². The van der Waals surface area contributed by atoms with Crippen molar-refractivity contribution in [1.82, 2.24) is 0 Å². The van der Waals surface area contributed by atoms with Crippen molar-refractivity contribution in [2.75, 3.05) is 4.90 Å². The second-order valence-corrected chi connectivity index (χ2v) is 16.1. The number of rotatable bonds is 7. The van der Waals surface area contributed by atoms with E-state index in [-0.39, 0.29) is 0 Å². The molecule has 0 N–H and O–H groups in total. The predicted molar refractivity (Wildman–Crippen MR) is 263 cm³/mol. The van der Waals surface area contributed by atoms with Gasteiger partial charge in [-0.3, -0.25) is 0 Å². The van der Waals surface area contributed by atoms with Crippen molar-refractivity contribution in [2.24, 2.45) is 0 Å². The number of fused-ring (bicyclic) bond motifs is 7. The maximum Gasteiger partial charge on any atom is 0.143 e. The fourth-order valence-electron chi connectivity index (χ4n) is 9.43. The molecule has 1 heterocycles. The Kier molecular flexibility index (Phi) is 8.53. The van der Waals surface area contributed by atoms with E-state index in [0.717, 1.165) is 61.6 Å². The lowest BCUT2D eigenvalue weighted by molar-refractivity contribution is 0.632. The van der Waals surface area contributed by atoms with Gasteiger partial charge in [-0.25, -0.2) is 0 Å². The molecule has 290 valence electrons. The van der Waals surface area contributed by atoms with E-state index in [1.807, 2.05) is 6.07 Å². The van der Waals surface area contributed by atoms with Gasteiger partial charge in [-0.15, -0.1) is 0 Å². The van der Waals surface area contributed by atoms with Gasteiger partial charge in [-0.2, -0.15) is 0 Å². The minimum absolute atomic E-state index is 0.880. The lowest BCUT2D eigenvalue weighted by Gasteiger charge is -2.28.